The van der Waals surface area contributed by atoms with E-state index in [1.807, 2.05) is 48.5 Å². The lowest BCUT2D eigenvalue weighted by atomic mass is 10.1. The van der Waals surface area contributed by atoms with Gasteiger partial charge in [0.15, 0.2) is 0 Å². The number of aryl methyl sites for hydroxylation is 1. The number of methoxy groups -OCH3 is 1. The summed E-state index contributed by atoms with van der Waals surface area (Å²) in [7, 11) is 1.63. The van der Waals surface area contributed by atoms with Crippen LogP contribution in [0.5, 0.6) is 11.6 Å². The summed E-state index contributed by atoms with van der Waals surface area (Å²) in [4.78, 5) is 11.9. The third-order valence-electron chi connectivity index (χ3n) is 4.41. The number of amides is 1. The lowest BCUT2D eigenvalue weighted by Crippen LogP contribution is -2.28. The molecule has 0 unspecified atom stereocenters. The largest absolute Gasteiger partial charge is 0.497 e. The molecule has 0 aliphatic carbocycles. The van der Waals surface area contributed by atoms with E-state index >= 15 is 0 Å². The molecule has 0 spiro atoms. The van der Waals surface area contributed by atoms with Crippen molar-refractivity contribution in [1.29, 1.82) is 0 Å². The van der Waals surface area contributed by atoms with Gasteiger partial charge in [-0.3, -0.25) is 4.79 Å². The molecule has 29 heavy (non-hydrogen) atoms. The van der Waals surface area contributed by atoms with E-state index in [-0.39, 0.29) is 5.91 Å². The first-order chi connectivity index (χ1) is 14.2. The highest BCUT2D eigenvalue weighted by Gasteiger charge is 2.04. The van der Waals surface area contributed by atoms with Gasteiger partial charge in [-0.2, -0.15) is 0 Å². The molecule has 3 aromatic rings. The molecule has 0 atom stereocenters. The van der Waals surface area contributed by atoms with Crippen LogP contribution in [0.25, 0.3) is 11.3 Å². The second kappa shape index (κ2) is 10.8. The van der Waals surface area contributed by atoms with Gasteiger partial charge >= 0.3 is 0 Å². The van der Waals surface area contributed by atoms with Crippen LogP contribution < -0.4 is 14.8 Å². The van der Waals surface area contributed by atoms with E-state index in [0.717, 1.165) is 29.8 Å². The first kappa shape index (κ1) is 20.3. The molecule has 3 rings (SSSR count). The van der Waals surface area contributed by atoms with Crippen LogP contribution in [0.15, 0.2) is 66.7 Å². The van der Waals surface area contributed by atoms with Crippen LogP contribution in [0.4, 0.5) is 0 Å². The van der Waals surface area contributed by atoms with Crippen LogP contribution in [0, 0.1) is 0 Å². The molecule has 6 heteroatoms. The SMILES string of the molecule is COc1ccc(-c2ccc(OCCNC(=O)CCCc3ccccc3)nn2)cc1. The Hall–Kier alpha value is -3.41. The maximum Gasteiger partial charge on any atom is 0.233 e. The standard InChI is InChI=1S/C23H25N3O3/c1-28-20-12-10-19(11-13-20)21-14-15-23(26-25-21)29-17-16-24-22(27)9-5-8-18-6-3-2-4-7-18/h2-4,6-7,10-15H,5,8-9,16-17H2,1H3,(H,24,27). The Labute approximate surface area is 170 Å². The zero-order valence-corrected chi connectivity index (χ0v) is 16.5. The van der Waals surface area contributed by atoms with E-state index in [4.69, 9.17) is 9.47 Å². The molecule has 150 valence electrons. The quantitative estimate of drug-likeness (QED) is 0.534. The number of ether oxygens (including phenoxy) is 2. The average Bonchev–Trinajstić information content (AvgIpc) is 2.78. The van der Waals surface area contributed by atoms with Crippen LogP contribution >= 0.6 is 0 Å². The zero-order chi connectivity index (χ0) is 20.3. The van der Waals surface area contributed by atoms with Crippen molar-refractivity contribution < 1.29 is 14.3 Å². The third-order valence-corrected chi connectivity index (χ3v) is 4.41. The summed E-state index contributed by atoms with van der Waals surface area (Å²) in [6.07, 6.45) is 2.24. The summed E-state index contributed by atoms with van der Waals surface area (Å²) in [5.74, 6) is 1.26. The highest BCUT2D eigenvalue weighted by molar-refractivity contribution is 5.75. The van der Waals surface area contributed by atoms with Gasteiger partial charge in [0.1, 0.15) is 12.4 Å². The molecule has 1 N–H and O–H groups in total. The third kappa shape index (κ3) is 6.60. The predicted molar refractivity (Wildman–Crippen MR) is 112 cm³/mol. The highest BCUT2D eigenvalue weighted by Crippen LogP contribution is 2.20. The Kier molecular flexibility index (Phi) is 7.57. The minimum atomic E-state index is 0.0328. The van der Waals surface area contributed by atoms with E-state index in [2.05, 4.69) is 27.6 Å². The Morgan fingerprint density at radius 3 is 2.45 bits per heavy atom. The summed E-state index contributed by atoms with van der Waals surface area (Å²) in [6, 6.07) is 21.4. The molecule has 0 saturated carbocycles. The van der Waals surface area contributed by atoms with Crippen LogP contribution in [0.1, 0.15) is 18.4 Å². The number of aromatic nitrogens is 2. The number of rotatable bonds is 10. The topological polar surface area (TPSA) is 73.3 Å². The fourth-order valence-corrected chi connectivity index (χ4v) is 2.84. The van der Waals surface area contributed by atoms with E-state index in [9.17, 15) is 4.79 Å². The molecule has 0 aliphatic heterocycles. The number of benzene rings is 2. The molecule has 1 amide bonds. The Bertz CT molecular complexity index is 882. The fourth-order valence-electron chi connectivity index (χ4n) is 2.84. The second-order valence-corrected chi connectivity index (χ2v) is 6.52. The normalized spacial score (nSPS) is 10.4. The van der Waals surface area contributed by atoms with Crippen molar-refractivity contribution in [2.24, 2.45) is 0 Å². The van der Waals surface area contributed by atoms with Gasteiger partial charge in [0.25, 0.3) is 0 Å². The summed E-state index contributed by atoms with van der Waals surface area (Å²) in [5, 5.41) is 11.1. The zero-order valence-electron chi connectivity index (χ0n) is 16.5. The van der Waals surface area contributed by atoms with Gasteiger partial charge in [0.2, 0.25) is 11.8 Å². The minimum Gasteiger partial charge on any atom is -0.497 e. The van der Waals surface area contributed by atoms with Crippen LogP contribution in [-0.4, -0.2) is 36.4 Å². The molecular weight excluding hydrogens is 366 g/mol. The summed E-state index contributed by atoms with van der Waals surface area (Å²) >= 11 is 0. The van der Waals surface area contributed by atoms with Gasteiger partial charge in [-0.25, -0.2) is 0 Å². The minimum absolute atomic E-state index is 0.0328. The van der Waals surface area contributed by atoms with Gasteiger partial charge in [-0.05, 0) is 48.7 Å². The number of nitrogens with zero attached hydrogens (tertiary/aromatic N) is 2. The van der Waals surface area contributed by atoms with Crippen molar-refractivity contribution in [3.8, 4) is 22.9 Å². The number of carbonyl (C=O) groups is 1. The molecule has 2 aromatic carbocycles. The maximum atomic E-state index is 11.9. The lowest BCUT2D eigenvalue weighted by Gasteiger charge is -2.08. The second-order valence-electron chi connectivity index (χ2n) is 6.52. The molecule has 0 aliphatic rings. The molecule has 1 aromatic heterocycles. The van der Waals surface area contributed by atoms with Crippen molar-refractivity contribution >= 4 is 5.91 Å². The number of hydrogen-bond acceptors (Lipinski definition) is 5. The van der Waals surface area contributed by atoms with Gasteiger partial charge in [-0.15, -0.1) is 10.2 Å². The van der Waals surface area contributed by atoms with Gasteiger partial charge < -0.3 is 14.8 Å². The molecule has 1 heterocycles. The number of nitrogens with one attached hydrogen (secondary N) is 1. The summed E-state index contributed by atoms with van der Waals surface area (Å²) in [5.41, 5.74) is 2.96. The smallest absolute Gasteiger partial charge is 0.233 e. The van der Waals surface area contributed by atoms with Crippen molar-refractivity contribution in [2.45, 2.75) is 19.3 Å². The van der Waals surface area contributed by atoms with Crippen molar-refractivity contribution in [1.82, 2.24) is 15.5 Å². The Morgan fingerprint density at radius 2 is 1.76 bits per heavy atom. The molecule has 0 saturated heterocycles. The van der Waals surface area contributed by atoms with Crippen molar-refractivity contribution in [2.75, 3.05) is 20.3 Å². The van der Waals surface area contributed by atoms with E-state index < -0.39 is 0 Å². The van der Waals surface area contributed by atoms with Gasteiger partial charge in [0.05, 0.1) is 19.3 Å². The maximum absolute atomic E-state index is 11.9. The first-order valence-electron chi connectivity index (χ1n) is 9.66. The van der Waals surface area contributed by atoms with Crippen molar-refractivity contribution in [3.63, 3.8) is 0 Å². The molecule has 0 bridgehead atoms. The molecule has 0 radical (unpaired) electrons. The number of carbonyl (C=O) groups excluding carboxylic acids is 1. The molecule has 0 fully saturated rings. The summed E-state index contributed by atoms with van der Waals surface area (Å²) in [6.45, 7) is 0.785. The van der Waals surface area contributed by atoms with Gasteiger partial charge in [-0.1, -0.05) is 30.3 Å². The van der Waals surface area contributed by atoms with Gasteiger partial charge in [0, 0.05) is 18.1 Å². The number of hydrogen-bond donors (Lipinski definition) is 1. The van der Waals surface area contributed by atoms with E-state index in [1.165, 1.54) is 5.56 Å². The first-order valence-corrected chi connectivity index (χ1v) is 9.66. The lowest BCUT2D eigenvalue weighted by molar-refractivity contribution is -0.121. The fraction of sp³-hybridized carbons (Fsp3) is 0.261. The van der Waals surface area contributed by atoms with Crippen LogP contribution in [0.2, 0.25) is 0 Å². The predicted octanol–water partition coefficient (Wildman–Crippen LogP) is 3.67. The molecular formula is C23H25N3O3. The average molecular weight is 391 g/mol. The van der Waals surface area contributed by atoms with Crippen molar-refractivity contribution in [3.05, 3.63) is 72.3 Å². The monoisotopic (exact) mass is 391 g/mol. The Balaban J connectivity index is 1.34. The van der Waals surface area contributed by atoms with E-state index in [1.54, 1.807) is 13.2 Å². The van der Waals surface area contributed by atoms with Crippen LogP contribution in [-0.2, 0) is 11.2 Å². The Morgan fingerprint density at radius 1 is 0.966 bits per heavy atom. The summed E-state index contributed by atoms with van der Waals surface area (Å²) < 4.78 is 10.7. The molecule has 6 nitrogen and oxygen atoms in total. The highest BCUT2D eigenvalue weighted by atomic mass is 16.5. The van der Waals surface area contributed by atoms with E-state index in [0.29, 0.717) is 25.5 Å². The van der Waals surface area contributed by atoms with Crippen LogP contribution in [0.3, 0.4) is 0 Å².